The summed E-state index contributed by atoms with van der Waals surface area (Å²) in [4.78, 5) is 23.2. The Bertz CT molecular complexity index is 711. The molecule has 1 amide bonds. The Hall–Kier alpha value is -2.15. The number of aromatic nitrogens is 1. The zero-order chi connectivity index (χ0) is 16.7. The van der Waals surface area contributed by atoms with Crippen LogP contribution in [-0.4, -0.2) is 23.6 Å². The number of ether oxygens (including phenoxy) is 1. The molecule has 2 aromatic rings. The van der Waals surface area contributed by atoms with Gasteiger partial charge in [0.05, 0.1) is 6.61 Å². The fourth-order valence-corrected chi connectivity index (χ4v) is 2.78. The first-order valence-electron chi connectivity index (χ1n) is 7.37. The highest BCUT2D eigenvalue weighted by Crippen LogP contribution is 2.15. The van der Waals surface area contributed by atoms with Gasteiger partial charge in [0.1, 0.15) is 0 Å². The Labute approximate surface area is 137 Å². The second-order valence-electron chi connectivity index (χ2n) is 5.03. The van der Waals surface area contributed by atoms with Gasteiger partial charge in [-0.2, -0.15) is 0 Å². The maximum Gasteiger partial charge on any atom is 0.307 e. The van der Waals surface area contributed by atoms with Crippen molar-refractivity contribution in [2.45, 2.75) is 26.3 Å². The summed E-state index contributed by atoms with van der Waals surface area (Å²) in [6, 6.07) is 6.21. The summed E-state index contributed by atoms with van der Waals surface area (Å²) in [6.07, 6.45) is 0.836. The van der Waals surface area contributed by atoms with E-state index in [4.69, 9.17) is 4.74 Å². The number of benzene rings is 1. The third kappa shape index (κ3) is 5.21. The molecule has 0 saturated heterocycles. The van der Waals surface area contributed by atoms with E-state index in [2.05, 4.69) is 5.32 Å². The maximum atomic E-state index is 13.3. The van der Waals surface area contributed by atoms with Crippen LogP contribution in [0.5, 0.6) is 5.75 Å². The van der Waals surface area contributed by atoms with Gasteiger partial charge in [-0.05, 0) is 25.5 Å². The summed E-state index contributed by atoms with van der Waals surface area (Å²) >= 11 is 1.13. The zero-order valence-electron chi connectivity index (χ0n) is 12.9. The van der Waals surface area contributed by atoms with Crippen LogP contribution in [-0.2, 0) is 11.3 Å². The third-order valence-corrected chi connectivity index (χ3v) is 4.16. The number of aryl methyl sites for hydroxylation is 1. The number of halogens is 1. The van der Waals surface area contributed by atoms with Crippen LogP contribution in [0, 0.1) is 12.7 Å². The number of para-hydroxylation sites is 1. The van der Waals surface area contributed by atoms with E-state index in [0.717, 1.165) is 17.0 Å². The summed E-state index contributed by atoms with van der Waals surface area (Å²) in [5, 5.41) is 4.54. The van der Waals surface area contributed by atoms with E-state index < -0.39 is 5.82 Å². The molecule has 1 aromatic heterocycles. The standard InChI is InChI=1S/C16H19FN2O3S/c1-12-11-23-16(21)19(12)9-7-15(20)18-8-4-10-22-14-6-3-2-5-13(14)17/h2-3,5-6,11H,4,7-10H2,1H3,(H,18,20). The molecule has 0 bridgehead atoms. The Morgan fingerprint density at radius 1 is 1.39 bits per heavy atom. The maximum absolute atomic E-state index is 13.3. The largest absolute Gasteiger partial charge is 0.490 e. The smallest absolute Gasteiger partial charge is 0.307 e. The summed E-state index contributed by atoms with van der Waals surface area (Å²) in [6.45, 7) is 3.00. The average Bonchev–Trinajstić information content (AvgIpc) is 2.85. The molecule has 0 unspecified atom stereocenters. The van der Waals surface area contributed by atoms with Gasteiger partial charge in [0.25, 0.3) is 0 Å². The normalized spacial score (nSPS) is 10.5. The fraction of sp³-hybridized carbons (Fsp3) is 0.375. The number of amides is 1. The Kier molecular flexibility index (Phi) is 6.34. The molecule has 2 rings (SSSR count). The lowest BCUT2D eigenvalue weighted by Crippen LogP contribution is -2.27. The van der Waals surface area contributed by atoms with Crippen LogP contribution in [0.4, 0.5) is 4.39 Å². The van der Waals surface area contributed by atoms with Gasteiger partial charge in [-0.3, -0.25) is 9.59 Å². The number of nitrogens with zero attached hydrogens (tertiary/aromatic N) is 1. The van der Waals surface area contributed by atoms with Gasteiger partial charge in [-0.1, -0.05) is 23.5 Å². The molecule has 0 fully saturated rings. The molecule has 23 heavy (non-hydrogen) atoms. The molecule has 1 heterocycles. The highest BCUT2D eigenvalue weighted by Gasteiger charge is 2.06. The highest BCUT2D eigenvalue weighted by atomic mass is 32.1. The van der Waals surface area contributed by atoms with E-state index in [1.807, 2.05) is 6.92 Å². The lowest BCUT2D eigenvalue weighted by atomic mass is 10.3. The van der Waals surface area contributed by atoms with E-state index in [1.165, 1.54) is 6.07 Å². The minimum Gasteiger partial charge on any atom is -0.490 e. The monoisotopic (exact) mass is 338 g/mol. The first-order chi connectivity index (χ1) is 11.1. The van der Waals surface area contributed by atoms with Crippen molar-refractivity contribution in [1.82, 2.24) is 9.88 Å². The number of thiazole rings is 1. The van der Waals surface area contributed by atoms with Crippen molar-refractivity contribution < 1.29 is 13.9 Å². The van der Waals surface area contributed by atoms with Crippen LogP contribution in [0.3, 0.4) is 0 Å². The number of hydrogen-bond acceptors (Lipinski definition) is 4. The number of carbonyl (C=O) groups is 1. The van der Waals surface area contributed by atoms with Crippen molar-refractivity contribution in [3.8, 4) is 5.75 Å². The molecular formula is C16H19FN2O3S. The molecule has 0 saturated carbocycles. The van der Waals surface area contributed by atoms with E-state index >= 15 is 0 Å². The minimum atomic E-state index is -0.395. The fourth-order valence-electron chi connectivity index (χ4n) is 2.02. The molecule has 0 aliphatic rings. The zero-order valence-corrected chi connectivity index (χ0v) is 13.7. The molecule has 0 spiro atoms. The first kappa shape index (κ1) is 17.2. The molecule has 0 aliphatic carbocycles. The van der Waals surface area contributed by atoms with Gasteiger partial charge in [0.2, 0.25) is 5.91 Å². The molecule has 1 aromatic carbocycles. The summed E-state index contributed by atoms with van der Waals surface area (Å²) in [5.74, 6) is -0.298. The van der Waals surface area contributed by atoms with Crippen molar-refractivity contribution in [3.05, 3.63) is 50.8 Å². The topological polar surface area (TPSA) is 60.3 Å². The van der Waals surface area contributed by atoms with E-state index in [-0.39, 0.29) is 23.0 Å². The number of hydrogen-bond donors (Lipinski definition) is 1. The number of carbonyl (C=O) groups excluding carboxylic acids is 1. The highest BCUT2D eigenvalue weighted by molar-refractivity contribution is 7.07. The summed E-state index contributed by atoms with van der Waals surface area (Å²) < 4.78 is 20.2. The lowest BCUT2D eigenvalue weighted by molar-refractivity contribution is -0.121. The van der Waals surface area contributed by atoms with Crippen LogP contribution in [0.15, 0.2) is 34.4 Å². The third-order valence-electron chi connectivity index (χ3n) is 3.28. The van der Waals surface area contributed by atoms with Gasteiger partial charge < -0.3 is 14.6 Å². The van der Waals surface area contributed by atoms with Crippen molar-refractivity contribution in [3.63, 3.8) is 0 Å². The number of nitrogens with one attached hydrogen (secondary N) is 1. The Balaban J connectivity index is 1.62. The van der Waals surface area contributed by atoms with Gasteiger partial charge in [0.15, 0.2) is 11.6 Å². The summed E-state index contributed by atoms with van der Waals surface area (Å²) in [7, 11) is 0. The van der Waals surface area contributed by atoms with Crippen molar-refractivity contribution in [1.29, 1.82) is 0 Å². The minimum absolute atomic E-state index is 0.0476. The van der Waals surface area contributed by atoms with Crippen LogP contribution in [0.2, 0.25) is 0 Å². The molecule has 0 aliphatic heterocycles. The molecule has 7 heteroatoms. The Morgan fingerprint density at radius 2 is 2.17 bits per heavy atom. The van der Waals surface area contributed by atoms with Gasteiger partial charge >= 0.3 is 4.87 Å². The van der Waals surface area contributed by atoms with Crippen LogP contribution in [0.1, 0.15) is 18.5 Å². The van der Waals surface area contributed by atoms with Gasteiger partial charge in [-0.25, -0.2) is 4.39 Å². The predicted octanol–water partition coefficient (Wildman–Crippen LogP) is 2.33. The SMILES string of the molecule is Cc1csc(=O)n1CCC(=O)NCCCOc1ccccc1F. The predicted molar refractivity (Wildman–Crippen MR) is 87.5 cm³/mol. The molecule has 1 N–H and O–H groups in total. The van der Waals surface area contributed by atoms with Gasteiger partial charge in [0, 0.05) is 30.6 Å². The van der Waals surface area contributed by atoms with Gasteiger partial charge in [-0.15, -0.1) is 0 Å². The van der Waals surface area contributed by atoms with Crippen molar-refractivity contribution >= 4 is 17.2 Å². The molecule has 124 valence electrons. The van der Waals surface area contributed by atoms with Crippen LogP contribution < -0.4 is 14.9 Å². The summed E-state index contributed by atoms with van der Waals surface area (Å²) in [5.41, 5.74) is 0.867. The van der Waals surface area contributed by atoms with E-state index in [1.54, 1.807) is 28.1 Å². The second-order valence-corrected chi connectivity index (χ2v) is 5.85. The van der Waals surface area contributed by atoms with E-state index in [9.17, 15) is 14.0 Å². The lowest BCUT2D eigenvalue weighted by Gasteiger charge is -2.08. The average molecular weight is 338 g/mol. The van der Waals surface area contributed by atoms with Crippen LogP contribution in [0.25, 0.3) is 0 Å². The molecule has 5 nitrogen and oxygen atoms in total. The second kappa shape index (κ2) is 8.47. The number of rotatable bonds is 8. The molecular weight excluding hydrogens is 319 g/mol. The van der Waals surface area contributed by atoms with Crippen molar-refractivity contribution in [2.24, 2.45) is 0 Å². The Morgan fingerprint density at radius 3 is 2.87 bits per heavy atom. The van der Waals surface area contributed by atoms with E-state index in [0.29, 0.717) is 26.1 Å². The molecule has 0 atom stereocenters. The molecule has 0 radical (unpaired) electrons. The first-order valence-corrected chi connectivity index (χ1v) is 8.25. The van der Waals surface area contributed by atoms with Crippen molar-refractivity contribution in [2.75, 3.05) is 13.2 Å². The quantitative estimate of drug-likeness (QED) is 0.752. The van der Waals surface area contributed by atoms with Crippen LogP contribution >= 0.6 is 11.3 Å².